The van der Waals surface area contributed by atoms with Crippen LogP contribution in [0.25, 0.3) is 0 Å². The highest BCUT2D eigenvalue weighted by atomic mass is 16.5. The first-order valence-electron chi connectivity index (χ1n) is 3.54. The van der Waals surface area contributed by atoms with Crippen LogP contribution in [0.2, 0.25) is 0 Å². The fraction of sp³-hybridized carbons (Fsp3) is 0.222. The summed E-state index contributed by atoms with van der Waals surface area (Å²) in [4.78, 5) is 10.9. The first-order valence-corrected chi connectivity index (χ1v) is 3.54. The van der Waals surface area contributed by atoms with Crippen molar-refractivity contribution in [2.45, 2.75) is 13.5 Å². The van der Waals surface area contributed by atoms with E-state index in [1.54, 1.807) is 13.0 Å². The quantitative estimate of drug-likeness (QED) is 0.508. The molecule has 0 aliphatic rings. The Balaban J connectivity index is 2.37. The van der Waals surface area contributed by atoms with Gasteiger partial charge in [-0.2, -0.15) is 0 Å². The van der Waals surface area contributed by atoms with Crippen molar-refractivity contribution in [3.63, 3.8) is 0 Å². The Hall–Kier alpha value is -1.51. The molecule has 0 aliphatic carbocycles. The van der Waals surface area contributed by atoms with Crippen molar-refractivity contribution in [2.75, 3.05) is 0 Å². The Morgan fingerprint density at radius 2 is 2.50 bits per heavy atom. The molecule has 0 N–H and O–H groups in total. The first kappa shape index (κ1) is 8.59. The molecule has 1 aromatic heterocycles. The van der Waals surface area contributed by atoms with Gasteiger partial charge in [0.05, 0.1) is 12.5 Å². The van der Waals surface area contributed by atoms with Crippen molar-refractivity contribution >= 4 is 5.97 Å². The van der Waals surface area contributed by atoms with Crippen molar-refractivity contribution in [2.24, 2.45) is 0 Å². The van der Waals surface area contributed by atoms with E-state index in [9.17, 15) is 4.79 Å². The second-order valence-corrected chi connectivity index (χ2v) is 2.49. The zero-order chi connectivity index (χ0) is 8.97. The number of carbonyl (C=O) groups excluding carboxylic acids is 1. The zero-order valence-corrected chi connectivity index (χ0v) is 6.87. The summed E-state index contributed by atoms with van der Waals surface area (Å²) in [5.74, 6) is -0.379. The zero-order valence-electron chi connectivity index (χ0n) is 6.87. The summed E-state index contributed by atoms with van der Waals surface area (Å²) >= 11 is 0. The van der Waals surface area contributed by atoms with E-state index in [0.29, 0.717) is 5.57 Å². The lowest BCUT2D eigenvalue weighted by Crippen LogP contribution is -2.04. The third-order valence-corrected chi connectivity index (χ3v) is 1.30. The Labute approximate surface area is 70.6 Å². The van der Waals surface area contributed by atoms with E-state index in [0.717, 1.165) is 5.56 Å². The molecule has 0 atom stereocenters. The predicted octanol–water partition coefficient (Wildman–Crippen LogP) is 1.90. The molecule has 0 radical (unpaired) electrons. The summed E-state index contributed by atoms with van der Waals surface area (Å²) in [6.07, 6.45) is 3.07. The van der Waals surface area contributed by atoms with Crippen LogP contribution in [0.5, 0.6) is 0 Å². The Morgan fingerprint density at radius 1 is 1.75 bits per heavy atom. The molecule has 1 rings (SSSR count). The second kappa shape index (κ2) is 3.76. The minimum absolute atomic E-state index is 0.238. The van der Waals surface area contributed by atoms with Gasteiger partial charge < -0.3 is 9.15 Å². The lowest BCUT2D eigenvalue weighted by atomic mass is 10.3. The Kier molecular flexibility index (Phi) is 2.69. The summed E-state index contributed by atoms with van der Waals surface area (Å²) in [5.41, 5.74) is 1.24. The summed E-state index contributed by atoms with van der Waals surface area (Å²) in [5, 5.41) is 0. The fourth-order valence-corrected chi connectivity index (χ4v) is 0.647. The number of rotatable bonds is 3. The van der Waals surface area contributed by atoms with Crippen molar-refractivity contribution in [3.8, 4) is 0 Å². The van der Waals surface area contributed by atoms with E-state index >= 15 is 0 Å². The van der Waals surface area contributed by atoms with Gasteiger partial charge in [0.1, 0.15) is 6.61 Å². The highest BCUT2D eigenvalue weighted by Gasteiger charge is 2.03. The topological polar surface area (TPSA) is 39.4 Å². The summed E-state index contributed by atoms with van der Waals surface area (Å²) in [7, 11) is 0. The molecule has 0 unspecified atom stereocenters. The number of ether oxygens (including phenoxy) is 1. The highest BCUT2D eigenvalue weighted by molar-refractivity contribution is 5.86. The van der Waals surface area contributed by atoms with Gasteiger partial charge in [-0.1, -0.05) is 6.58 Å². The molecule has 0 fully saturated rings. The van der Waals surface area contributed by atoms with Crippen LogP contribution in [0.15, 0.2) is 35.2 Å². The van der Waals surface area contributed by atoms with Crippen molar-refractivity contribution in [1.29, 1.82) is 0 Å². The van der Waals surface area contributed by atoms with E-state index in [2.05, 4.69) is 6.58 Å². The van der Waals surface area contributed by atoms with Crippen molar-refractivity contribution in [1.82, 2.24) is 0 Å². The summed E-state index contributed by atoms with van der Waals surface area (Å²) in [6.45, 7) is 5.30. The molecule has 0 saturated heterocycles. The van der Waals surface area contributed by atoms with Gasteiger partial charge in [-0.15, -0.1) is 0 Å². The van der Waals surface area contributed by atoms with Crippen LogP contribution in [0, 0.1) is 0 Å². The van der Waals surface area contributed by atoms with E-state index in [1.165, 1.54) is 12.5 Å². The van der Waals surface area contributed by atoms with Crippen LogP contribution >= 0.6 is 0 Å². The highest BCUT2D eigenvalue weighted by Crippen LogP contribution is 2.03. The molecule has 64 valence electrons. The number of hydrogen-bond acceptors (Lipinski definition) is 3. The molecule has 0 spiro atoms. The molecule has 3 nitrogen and oxygen atoms in total. The number of furan rings is 1. The minimum atomic E-state index is -0.379. The van der Waals surface area contributed by atoms with Gasteiger partial charge in [-0.25, -0.2) is 4.79 Å². The molecule has 1 aromatic rings. The lowest BCUT2D eigenvalue weighted by Gasteiger charge is -2.00. The maximum Gasteiger partial charge on any atom is 0.333 e. The Bertz CT molecular complexity index is 272. The Morgan fingerprint density at radius 3 is 3.00 bits per heavy atom. The van der Waals surface area contributed by atoms with E-state index < -0.39 is 0 Å². The van der Waals surface area contributed by atoms with E-state index in [4.69, 9.17) is 9.15 Å². The number of hydrogen-bond donors (Lipinski definition) is 0. The number of esters is 1. The van der Waals surface area contributed by atoms with Gasteiger partial charge in [0, 0.05) is 11.1 Å². The van der Waals surface area contributed by atoms with Crippen molar-refractivity contribution < 1.29 is 13.9 Å². The molecular weight excluding hydrogens is 156 g/mol. The average Bonchev–Trinajstić information content (AvgIpc) is 2.51. The van der Waals surface area contributed by atoms with Crippen LogP contribution in [-0.4, -0.2) is 5.97 Å². The van der Waals surface area contributed by atoms with Gasteiger partial charge in [0.25, 0.3) is 0 Å². The number of carbonyl (C=O) groups is 1. The van der Waals surface area contributed by atoms with E-state index in [1.807, 2.05) is 0 Å². The molecule has 0 bridgehead atoms. The van der Waals surface area contributed by atoms with Gasteiger partial charge >= 0.3 is 5.97 Å². The SMILES string of the molecule is C=C(C)C(=O)OCc1ccoc1. The molecule has 0 aromatic carbocycles. The first-order chi connectivity index (χ1) is 5.70. The third kappa shape index (κ3) is 2.27. The molecule has 12 heavy (non-hydrogen) atoms. The largest absolute Gasteiger partial charge is 0.472 e. The van der Waals surface area contributed by atoms with Crippen LogP contribution in [-0.2, 0) is 16.1 Å². The van der Waals surface area contributed by atoms with Gasteiger partial charge in [0.15, 0.2) is 0 Å². The predicted molar refractivity (Wildman–Crippen MR) is 43.3 cm³/mol. The standard InChI is InChI=1S/C9H10O3/c1-7(2)9(10)12-6-8-3-4-11-5-8/h3-5H,1,6H2,2H3. The average molecular weight is 166 g/mol. The maximum atomic E-state index is 10.9. The molecule has 0 amide bonds. The van der Waals surface area contributed by atoms with Gasteiger partial charge in [0.2, 0.25) is 0 Å². The molecule has 3 heteroatoms. The molecule has 1 heterocycles. The molecule has 0 aliphatic heterocycles. The molecule has 0 saturated carbocycles. The smallest absolute Gasteiger partial charge is 0.333 e. The fourth-order valence-electron chi connectivity index (χ4n) is 0.647. The summed E-state index contributed by atoms with van der Waals surface area (Å²) in [6, 6.07) is 1.74. The molecular formula is C9H10O3. The van der Waals surface area contributed by atoms with Crippen LogP contribution in [0.4, 0.5) is 0 Å². The van der Waals surface area contributed by atoms with Gasteiger partial charge in [-0.3, -0.25) is 0 Å². The normalized spacial score (nSPS) is 9.42. The third-order valence-electron chi connectivity index (χ3n) is 1.30. The van der Waals surface area contributed by atoms with Crippen LogP contribution < -0.4 is 0 Å². The monoisotopic (exact) mass is 166 g/mol. The van der Waals surface area contributed by atoms with Crippen LogP contribution in [0.1, 0.15) is 12.5 Å². The summed E-state index contributed by atoms with van der Waals surface area (Å²) < 4.78 is 9.64. The maximum absolute atomic E-state index is 10.9. The van der Waals surface area contributed by atoms with E-state index in [-0.39, 0.29) is 12.6 Å². The minimum Gasteiger partial charge on any atom is -0.472 e. The lowest BCUT2D eigenvalue weighted by molar-refractivity contribution is -0.140. The second-order valence-electron chi connectivity index (χ2n) is 2.49. The van der Waals surface area contributed by atoms with Gasteiger partial charge in [-0.05, 0) is 13.0 Å². The van der Waals surface area contributed by atoms with Crippen molar-refractivity contribution in [3.05, 3.63) is 36.3 Å². The van der Waals surface area contributed by atoms with Crippen LogP contribution in [0.3, 0.4) is 0 Å².